The molecule has 0 rings (SSSR count). The topological polar surface area (TPSA) is 46.2 Å². The summed E-state index contributed by atoms with van der Waals surface area (Å²) in [5.41, 5.74) is 0. The lowest BCUT2D eigenvalue weighted by molar-refractivity contribution is 0.495. The third kappa shape index (κ3) is 5.60. The molecule has 0 amide bonds. The van der Waals surface area contributed by atoms with Crippen molar-refractivity contribution in [3.8, 4) is 0 Å². The van der Waals surface area contributed by atoms with Gasteiger partial charge >= 0.3 is 0 Å². The average molecular weight is 221 g/mol. The number of hydrogen-bond donors (Lipinski definition) is 1. The van der Waals surface area contributed by atoms with Crippen molar-refractivity contribution in [3.63, 3.8) is 0 Å². The summed E-state index contributed by atoms with van der Waals surface area (Å²) in [6, 6.07) is 0. The zero-order chi connectivity index (χ0) is 11.2. The summed E-state index contributed by atoms with van der Waals surface area (Å²) in [6.07, 6.45) is 1.76. The van der Waals surface area contributed by atoms with E-state index < -0.39 is 9.84 Å². The molecule has 0 aromatic heterocycles. The van der Waals surface area contributed by atoms with Crippen molar-refractivity contribution in [1.82, 2.24) is 5.32 Å². The quantitative estimate of drug-likeness (QED) is 0.707. The first-order valence-electron chi connectivity index (χ1n) is 5.26. The molecule has 0 fully saturated rings. The number of hydrogen-bond acceptors (Lipinski definition) is 3. The molecule has 1 unspecified atom stereocenters. The van der Waals surface area contributed by atoms with E-state index in [9.17, 15) is 8.42 Å². The first-order chi connectivity index (χ1) is 6.40. The van der Waals surface area contributed by atoms with Crippen molar-refractivity contribution >= 4 is 9.84 Å². The van der Waals surface area contributed by atoms with Gasteiger partial charge in [0.2, 0.25) is 0 Å². The molecule has 4 heteroatoms. The molecule has 0 bridgehead atoms. The van der Waals surface area contributed by atoms with Gasteiger partial charge in [0, 0.05) is 0 Å². The Morgan fingerprint density at radius 2 is 1.79 bits per heavy atom. The zero-order valence-electron chi connectivity index (χ0n) is 9.71. The van der Waals surface area contributed by atoms with Gasteiger partial charge in [-0.15, -0.1) is 0 Å². The van der Waals surface area contributed by atoms with Crippen LogP contribution < -0.4 is 5.32 Å². The molecule has 0 aliphatic carbocycles. The van der Waals surface area contributed by atoms with Crippen LogP contribution in [0.2, 0.25) is 0 Å². The van der Waals surface area contributed by atoms with E-state index in [4.69, 9.17) is 0 Å². The van der Waals surface area contributed by atoms with Gasteiger partial charge in [0.15, 0.2) is 9.84 Å². The maximum Gasteiger partial charge on any atom is 0.152 e. The molecule has 3 nitrogen and oxygen atoms in total. The zero-order valence-corrected chi connectivity index (χ0v) is 10.5. The second-order valence-corrected chi connectivity index (χ2v) is 6.90. The standard InChI is InChI=1S/C10H23NO2S/c1-9(2)14(12,13)7-5-6-10(3)8-11-4/h9-11H,5-8H2,1-4H3. The molecule has 0 radical (unpaired) electrons. The number of sulfone groups is 1. The average Bonchev–Trinajstić information content (AvgIpc) is 2.04. The van der Waals surface area contributed by atoms with Crippen LogP contribution in [0.1, 0.15) is 33.6 Å². The van der Waals surface area contributed by atoms with Gasteiger partial charge in [0.25, 0.3) is 0 Å². The highest BCUT2D eigenvalue weighted by molar-refractivity contribution is 7.91. The smallest absolute Gasteiger partial charge is 0.152 e. The van der Waals surface area contributed by atoms with Gasteiger partial charge in [-0.05, 0) is 46.2 Å². The minimum absolute atomic E-state index is 0.234. The number of nitrogens with one attached hydrogen (secondary N) is 1. The van der Waals surface area contributed by atoms with E-state index in [1.807, 2.05) is 7.05 Å². The second kappa shape index (κ2) is 6.40. The third-order valence-electron chi connectivity index (χ3n) is 2.40. The molecule has 1 N–H and O–H groups in total. The summed E-state index contributed by atoms with van der Waals surface area (Å²) >= 11 is 0. The lowest BCUT2D eigenvalue weighted by Crippen LogP contribution is -2.20. The van der Waals surface area contributed by atoms with Crippen molar-refractivity contribution in [2.24, 2.45) is 5.92 Å². The Labute approximate surface area is 88.2 Å². The minimum atomic E-state index is -2.83. The number of rotatable bonds is 7. The van der Waals surface area contributed by atoms with E-state index in [1.165, 1.54) is 0 Å². The summed E-state index contributed by atoms with van der Waals surface area (Å²) in [5, 5.41) is 2.85. The van der Waals surface area contributed by atoms with Gasteiger partial charge in [-0.25, -0.2) is 8.42 Å². The molecule has 0 heterocycles. The second-order valence-electron chi connectivity index (χ2n) is 4.22. The fourth-order valence-corrected chi connectivity index (χ4v) is 2.36. The van der Waals surface area contributed by atoms with Crippen LogP contribution in [0.3, 0.4) is 0 Å². The van der Waals surface area contributed by atoms with E-state index in [1.54, 1.807) is 13.8 Å². The summed E-state index contributed by atoms with van der Waals surface area (Å²) < 4.78 is 22.9. The van der Waals surface area contributed by atoms with Gasteiger partial charge in [0.1, 0.15) is 0 Å². The van der Waals surface area contributed by atoms with Crippen LogP contribution in [-0.4, -0.2) is 33.0 Å². The molecule has 0 aliphatic rings. The summed E-state index contributed by atoms with van der Waals surface area (Å²) in [7, 11) is -0.911. The van der Waals surface area contributed by atoms with E-state index in [2.05, 4.69) is 12.2 Å². The molecule has 0 spiro atoms. The van der Waals surface area contributed by atoms with Crippen molar-refractivity contribution < 1.29 is 8.42 Å². The van der Waals surface area contributed by atoms with Crippen LogP contribution in [-0.2, 0) is 9.84 Å². The van der Waals surface area contributed by atoms with Crippen LogP contribution in [0, 0.1) is 5.92 Å². The molecule has 0 saturated carbocycles. The minimum Gasteiger partial charge on any atom is -0.319 e. The maximum absolute atomic E-state index is 11.5. The Morgan fingerprint density at radius 1 is 1.21 bits per heavy atom. The predicted octanol–water partition coefficient (Wildman–Crippen LogP) is 1.45. The van der Waals surface area contributed by atoms with Crippen molar-refractivity contribution in [3.05, 3.63) is 0 Å². The molecule has 0 aromatic rings. The molecule has 1 atom stereocenters. The maximum atomic E-state index is 11.5. The Kier molecular flexibility index (Phi) is 6.36. The summed E-state index contributed by atoms with van der Waals surface area (Å²) in [6.45, 7) is 6.58. The van der Waals surface area contributed by atoms with E-state index >= 15 is 0 Å². The first-order valence-corrected chi connectivity index (χ1v) is 6.98. The van der Waals surface area contributed by atoms with Gasteiger partial charge < -0.3 is 5.32 Å². The van der Waals surface area contributed by atoms with Gasteiger partial charge in [-0.2, -0.15) is 0 Å². The normalized spacial score (nSPS) is 14.6. The van der Waals surface area contributed by atoms with Crippen molar-refractivity contribution in [2.45, 2.75) is 38.9 Å². The van der Waals surface area contributed by atoms with Crippen LogP contribution >= 0.6 is 0 Å². The highest BCUT2D eigenvalue weighted by Crippen LogP contribution is 2.09. The van der Waals surface area contributed by atoms with E-state index in [0.29, 0.717) is 11.7 Å². The molecule has 14 heavy (non-hydrogen) atoms. The van der Waals surface area contributed by atoms with Crippen molar-refractivity contribution in [2.75, 3.05) is 19.3 Å². The lowest BCUT2D eigenvalue weighted by atomic mass is 10.1. The Morgan fingerprint density at radius 3 is 2.21 bits per heavy atom. The molecule has 0 saturated heterocycles. The van der Waals surface area contributed by atoms with Crippen LogP contribution in [0.25, 0.3) is 0 Å². The van der Waals surface area contributed by atoms with Gasteiger partial charge in [-0.1, -0.05) is 6.92 Å². The molecular formula is C10H23NO2S. The van der Waals surface area contributed by atoms with E-state index in [-0.39, 0.29) is 5.25 Å². The fraction of sp³-hybridized carbons (Fsp3) is 1.00. The Bertz CT molecular complexity index is 235. The SMILES string of the molecule is CNCC(C)CCCS(=O)(=O)C(C)C. The summed E-state index contributed by atoms with van der Waals surface area (Å²) in [5.74, 6) is 0.890. The fourth-order valence-electron chi connectivity index (χ4n) is 1.32. The first kappa shape index (κ1) is 13.9. The monoisotopic (exact) mass is 221 g/mol. The van der Waals surface area contributed by atoms with Crippen molar-refractivity contribution in [1.29, 1.82) is 0 Å². The summed E-state index contributed by atoms with van der Waals surface area (Å²) in [4.78, 5) is 0. The lowest BCUT2D eigenvalue weighted by Gasteiger charge is -2.11. The Hall–Kier alpha value is -0.0900. The molecule has 86 valence electrons. The van der Waals surface area contributed by atoms with Gasteiger partial charge in [0.05, 0.1) is 11.0 Å². The van der Waals surface area contributed by atoms with Crippen LogP contribution in [0.4, 0.5) is 0 Å². The van der Waals surface area contributed by atoms with E-state index in [0.717, 1.165) is 19.4 Å². The third-order valence-corrected chi connectivity index (χ3v) is 4.69. The van der Waals surface area contributed by atoms with Crippen LogP contribution in [0.5, 0.6) is 0 Å². The highest BCUT2D eigenvalue weighted by Gasteiger charge is 2.15. The molecular weight excluding hydrogens is 198 g/mol. The van der Waals surface area contributed by atoms with Gasteiger partial charge in [-0.3, -0.25) is 0 Å². The highest BCUT2D eigenvalue weighted by atomic mass is 32.2. The Balaban J connectivity index is 3.74. The molecule has 0 aliphatic heterocycles. The molecule has 0 aromatic carbocycles. The predicted molar refractivity (Wildman–Crippen MR) is 61.2 cm³/mol. The van der Waals surface area contributed by atoms with Crippen LogP contribution in [0.15, 0.2) is 0 Å². The largest absolute Gasteiger partial charge is 0.319 e.